The molecular formula is C55H35NO. The van der Waals surface area contributed by atoms with E-state index in [0.717, 1.165) is 50.1 Å². The number of nitrogens with zero attached hydrogens (tertiary/aromatic N) is 1. The molecule has 2 aliphatic carbocycles. The minimum Gasteiger partial charge on any atom is -0.456 e. The molecule has 0 unspecified atom stereocenters. The van der Waals surface area contributed by atoms with Crippen LogP contribution in [0.15, 0.2) is 217 Å². The van der Waals surface area contributed by atoms with E-state index in [2.05, 4.69) is 211 Å². The number of para-hydroxylation sites is 3. The number of rotatable bonds is 5. The van der Waals surface area contributed by atoms with E-state index in [0.29, 0.717) is 0 Å². The molecule has 0 aliphatic heterocycles. The summed E-state index contributed by atoms with van der Waals surface area (Å²) in [6.07, 6.45) is 0. The van der Waals surface area contributed by atoms with Crippen LogP contribution in [0.3, 0.4) is 0 Å². The molecule has 0 amide bonds. The second-order valence-electron chi connectivity index (χ2n) is 15.2. The molecule has 1 spiro atoms. The van der Waals surface area contributed by atoms with Crippen molar-refractivity contribution >= 4 is 39.0 Å². The summed E-state index contributed by atoms with van der Waals surface area (Å²) in [6, 6.07) is 77.5. The molecule has 12 rings (SSSR count). The minimum atomic E-state index is -0.498. The summed E-state index contributed by atoms with van der Waals surface area (Å²) < 4.78 is 6.40. The van der Waals surface area contributed by atoms with E-state index in [9.17, 15) is 0 Å². The number of anilines is 3. The maximum Gasteiger partial charge on any atom is 0.136 e. The number of benzene rings is 9. The number of hydrogen-bond acceptors (Lipinski definition) is 2. The molecule has 9 aromatic carbocycles. The monoisotopic (exact) mass is 725 g/mol. The Morgan fingerprint density at radius 3 is 1.67 bits per heavy atom. The van der Waals surface area contributed by atoms with Crippen molar-refractivity contribution in [1.82, 2.24) is 0 Å². The smallest absolute Gasteiger partial charge is 0.136 e. The lowest BCUT2D eigenvalue weighted by atomic mass is 9.70. The van der Waals surface area contributed by atoms with Gasteiger partial charge in [0.05, 0.1) is 11.1 Å². The molecule has 0 atom stereocenters. The lowest BCUT2D eigenvalue weighted by molar-refractivity contribution is 0.669. The van der Waals surface area contributed by atoms with E-state index >= 15 is 0 Å². The van der Waals surface area contributed by atoms with Crippen LogP contribution in [0.2, 0.25) is 0 Å². The predicted octanol–water partition coefficient (Wildman–Crippen LogP) is 14.7. The van der Waals surface area contributed by atoms with Crippen LogP contribution in [0, 0.1) is 0 Å². The Bertz CT molecular complexity index is 3150. The van der Waals surface area contributed by atoms with Gasteiger partial charge in [0.1, 0.15) is 11.2 Å². The van der Waals surface area contributed by atoms with E-state index in [1.54, 1.807) is 0 Å². The Morgan fingerprint density at radius 2 is 0.895 bits per heavy atom. The third-order valence-corrected chi connectivity index (χ3v) is 12.3. The van der Waals surface area contributed by atoms with E-state index in [1.807, 2.05) is 6.07 Å². The van der Waals surface area contributed by atoms with Crippen LogP contribution in [0.4, 0.5) is 17.1 Å². The van der Waals surface area contributed by atoms with Crippen molar-refractivity contribution in [2.24, 2.45) is 0 Å². The van der Waals surface area contributed by atoms with Gasteiger partial charge in [-0.25, -0.2) is 0 Å². The van der Waals surface area contributed by atoms with Gasteiger partial charge in [0, 0.05) is 27.7 Å². The molecule has 1 aromatic heterocycles. The zero-order valence-electron chi connectivity index (χ0n) is 31.1. The lowest BCUT2D eigenvalue weighted by Crippen LogP contribution is -2.26. The molecule has 2 aliphatic rings. The first-order valence-corrected chi connectivity index (χ1v) is 19.7. The lowest BCUT2D eigenvalue weighted by Gasteiger charge is -2.33. The van der Waals surface area contributed by atoms with Gasteiger partial charge in [0.15, 0.2) is 0 Å². The molecule has 2 heteroatoms. The Morgan fingerprint density at radius 1 is 0.333 bits per heavy atom. The first kappa shape index (κ1) is 31.9. The summed E-state index contributed by atoms with van der Waals surface area (Å²) in [5.74, 6) is 0. The molecule has 0 saturated heterocycles. The van der Waals surface area contributed by atoms with Crippen LogP contribution >= 0.6 is 0 Å². The topological polar surface area (TPSA) is 16.4 Å². The normalized spacial score (nSPS) is 13.1. The highest BCUT2D eigenvalue weighted by Gasteiger charge is 2.52. The van der Waals surface area contributed by atoms with Gasteiger partial charge >= 0.3 is 0 Å². The van der Waals surface area contributed by atoms with E-state index in [1.165, 1.54) is 55.6 Å². The summed E-state index contributed by atoms with van der Waals surface area (Å²) in [7, 11) is 0. The second-order valence-corrected chi connectivity index (χ2v) is 15.2. The first-order valence-electron chi connectivity index (χ1n) is 19.7. The van der Waals surface area contributed by atoms with Gasteiger partial charge in [-0.2, -0.15) is 0 Å². The third-order valence-electron chi connectivity index (χ3n) is 12.3. The van der Waals surface area contributed by atoms with Gasteiger partial charge in [-0.1, -0.05) is 164 Å². The fraction of sp³-hybridized carbons (Fsp3) is 0.0182. The largest absolute Gasteiger partial charge is 0.456 e. The van der Waals surface area contributed by atoms with Crippen molar-refractivity contribution in [3.05, 3.63) is 235 Å². The average molecular weight is 726 g/mol. The minimum absolute atomic E-state index is 0.498. The van der Waals surface area contributed by atoms with Crippen LogP contribution in [0.1, 0.15) is 22.3 Å². The Balaban J connectivity index is 1.13. The van der Waals surface area contributed by atoms with Gasteiger partial charge < -0.3 is 9.32 Å². The summed E-state index contributed by atoms with van der Waals surface area (Å²) >= 11 is 0. The molecule has 57 heavy (non-hydrogen) atoms. The van der Waals surface area contributed by atoms with Gasteiger partial charge in [0.25, 0.3) is 0 Å². The molecule has 0 fully saturated rings. The van der Waals surface area contributed by atoms with Gasteiger partial charge in [0.2, 0.25) is 0 Å². The maximum absolute atomic E-state index is 6.40. The van der Waals surface area contributed by atoms with Crippen molar-refractivity contribution < 1.29 is 4.42 Å². The number of furan rings is 1. The first-order chi connectivity index (χ1) is 28.3. The molecular weight excluding hydrogens is 691 g/mol. The SMILES string of the molecule is c1ccc(-c2ccc3c(c2)C2(c4ccccc4-c4ccccc42)c2cc(N(c4ccccc4)c4ccccc4-c4cccc5oc6ccccc6c45)ccc2-3)cc1. The Labute approximate surface area is 331 Å². The zero-order chi connectivity index (χ0) is 37.5. The molecule has 0 N–H and O–H groups in total. The van der Waals surface area contributed by atoms with Crippen molar-refractivity contribution in [3.63, 3.8) is 0 Å². The van der Waals surface area contributed by atoms with Crippen molar-refractivity contribution in [2.75, 3.05) is 4.90 Å². The number of hydrogen-bond donors (Lipinski definition) is 0. The molecule has 0 radical (unpaired) electrons. The van der Waals surface area contributed by atoms with Gasteiger partial charge in [-0.05, 0) is 110 Å². The summed E-state index contributed by atoms with van der Waals surface area (Å²) in [4.78, 5) is 2.44. The molecule has 0 bridgehead atoms. The maximum atomic E-state index is 6.40. The van der Waals surface area contributed by atoms with Crippen LogP contribution in [0.5, 0.6) is 0 Å². The Hall–Kier alpha value is -7.42. The molecule has 266 valence electrons. The molecule has 1 heterocycles. The summed E-state index contributed by atoms with van der Waals surface area (Å²) in [6.45, 7) is 0. The third kappa shape index (κ3) is 4.53. The summed E-state index contributed by atoms with van der Waals surface area (Å²) in [5, 5.41) is 2.25. The average Bonchev–Trinajstić information content (AvgIpc) is 3.91. The van der Waals surface area contributed by atoms with Crippen molar-refractivity contribution in [2.45, 2.75) is 5.41 Å². The fourth-order valence-electron chi connectivity index (χ4n) is 9.98. The van der Waals surface area contributed by atoms with Crippen molar-refractivity contribution in [3.8, 4) is 44.5 Å². The highest BCUT2D eigenvalue weighted by molar-refractivity contribution is 6.14. The standard InChI is InChI=1S/C55H35NO/c1-3-16-36(17-4-1)37-30-32-42-43-33-31-39(35-50(43)55(49(42)34-37)47-25-11-7-20-40(47)41-21-8-12-26-48(41)55)56(38-18-5-2-6-19-38)51-27-13-9-22-44(51)45-24-15-29-53-54(45)46-23-10-14-28-52(46)57-53/h1-35H. The van der Waals surface area contributed by atoms with Crippen LogP contribution < -0.4 is 4.90 Å². The van der Waals surface area contributed by atoms with E-state index < -0.39 is 5.41 Å². The zero-order valence-corrected chi connectivity index (χ0v) is 31.1. The van der Waals surface area contributed by atoms with E-state index in [4.69, 9.17) is 4.42 Å². The highest BCUT2D eigenvalue weighted by atomic mass is 16.3. The fourth-order valence-corrected chi connectivity index (χ4v) is 9.98. The van der Waals surface area contributed by atoms with Crippen LogP contribution in [-0.2, 0) is 5.41 Å². The van der Waals surface area contributed by atoms with Crippen LogP contribution in [-0.4, -0.2) is 0 Å². The Kier molecular flexibility index (Phi) is 6.88. The molecule has 2 nitrogen and oxygen atoms in total. The van der Waals surface area contributed by atoms with E-state index in [-0.39, 0.29) is 0 Å². The predicted molar refractivity (Wildman–Crippen MR) is 236 cm³/mol. The number of fused-ring (bicyclic) bond motifs is 13. The quantitative estimate of drug-likeness (QED) is 0.176. The van der Waals surface area contributed by atoms with Crippen LogP contribution in [0.25, 0.3) is 66.4 Å². The van der Waals surface area contributed by atoms with Gasteiger partial charge in [-0.15, -0.1) is 0 Å². The molecule has 0 saturated carbocycles. The summed E-state index contributed by atoms with van der Waals surface area (Å²) in [5.41, 5.74) is 19.8. The highest BCUT2D eigenvalue weighted by Crippen LogP contribution is 2.64. The second kappa shape index (κ2) is 12.3. The molecule has 10 aromatic rings. The van der Waals surface area contributed by atoms with Crippen molar-refractivity contribution in [1.29, 1.82) is 0 Å². The van der Waals surface area contributed by atoms with Gasteiger partial charge in [-0.3, -0.25) is 0 Å².